The minimum atomic E-state index is 0.282. The third kappa shape index (κ3) is 4.21. The van der Waals surface area contributed by atoms with Gasteiger partial charge in [-0.15, -0.1) is 0 Å². The molecule has 0 spiro atoms. The number of likely N-dealkylation sites (N-methyl/N-ethyl adjacent to an activating group) is 1. The second kappa shape index (κ2) is 7.81. The highest BCUT2D eigenvalue weighted by Gasteiger charge is 2.29. The van der Waals surface area contributed by atoms with Gasteiger partial charge in [-0.25, -0.2) is 0 Å². The summed E-state index contributed by atoms with van der Waals surface area (Å²) >= 11 is 0. The molecule has 0 fully saturated rings. The highest BCUT2D eigenvalue weighted by molar-refractivity contribution is 5.40. The monoisotopic (exact) mass is 291 g/mol. The van der Waals surface area contributed by atoms with E-state index in [4.69, 9.17) is 9.47 Å². The smallest absolute Gasteiger partial charge is 0.119 e. The van der Waals surface area contributed by atoms with Crippen LogP contribution in [0.15, 0.2) is 18.2 Å². The zero-order valence-corrected chi connectivity index (χ0v) is 13.8. The van der Waals surface area contributed by atoms with Gasteiger partial charge in [-0.2, -0.15) is 0 Å². The number of nitrogens with one attached hydrogen (secondary N) is 1. The van der Waals surface area contributed by atoms with E-state index < -0.39 is 0 Å². The molecule has 2 rings (SSSR count). The van der Waals surface area contributed by atoms with Crippen molar-refractivity contribution >= 4 is 0 Å². The lowest BCUT2D eigenvalue weighted by Gasteiger charge is -2.34. The fraction of sp³-hybridized carbons (Fsp3) is 0.667. The first kappa shape index (κ1) is 16.3. The van der Waals surface area contributed by atoms with Gasteiger partial charge in [0.25, 0.3) is 0 Å². The van der Waals surface area contributed by atoms with Crippen LogP contribution in [0.25, 0.3) is 0 Å². The van der Waals surface area contributed by atoms with E-state index in [9.17, 15) is 0 Å². The first-order chi connectivity index (χ1) is 10.2. The fourth-order valence-corrected chi connectivity index (χ4v) is 2.99. The van der Waals surface area contributed by atoms with E-state index in [1.165, 1.54) is 11.1 Å². The van der Waals surface area contributed by atoms with E-state index in [2.05, 4.69) is 44.3 Å². The Balaban J connectivity index is 2.10. The summed E-state index contributed by atoms with van der Waals surface area (Å²) < 4.78 is 11.5. The molecule has 0 saturated heterocycles. The van der Waals surface area contributed by atoms with Gasteiger partial charge in [-0.05, 0) is 55.0 Å². The van der Waals surface area contributed by atoms with Crippen LogP contribution >= 0.6 is 0 Å². The number of aryl methyl sites for hydroxylation is 1. The molecule has 118 valence electrons. The quantitative estimate of drug-likeness (QED) is 0.830. The summed E-state index contributed by atoms with van der Waals surface area (Å²) in [4.78, 5) is 0. The Morgan fingerprint density at radius 2 is 2.14 bits per heavy atom. The molecule has 3 nitrogen and oxygen atoms in total. The van der Waals surface area contributed by atoms with E-state index in [-0.39, 0.29) is 6.10 Å². The second-order valence-corrected chi connectivity index (χ2v) is 6.23. The molecule has 0 aliphatic heterocycles. The van der Waals surface area contributed by atoms with E-state index in [0.29, 0.717) is 12.0 Å². The van der Waals surface area contributed by atoms with Crippen LogP contribution in [-0.2, 0) is 11.2 Å². The van der Waals surface area contributed by atoms with E-state index in [1.807, 2.05) is 0 Å². The molecule has 1 aliphatic carbocycles. The summed E-state index contributed by atoms with van der Waals surface area (Å²) in [5.41, 5.74) is 2.77. The number of hydrogen-bond acceptors (Lipinski definition) is 3. The Bertz CT molecular complexity index is 445. The average Bonchev–Trinajstić information content (AvgIpc) is 2.48. The SMILES string of the molecule is CCNC1c2ccc(OC)cc2CCC1OCCC(C)C. The van der Waals surface area contributed by atoms with Crippen molar-refractivity contribution in [1.82, 2.24) is 5.32 Å². The topological polar surface area (TPSA) is 30.5 Å². The molecule has 0 aromatic heterocycles. The van der Waals surface area contributed by atoms with Crippen molar-refractivity contribution in [2.75, 3.05) is 20.3 Å². The van der Waals surface area contributed by atoms with Gasteiger partial charge in [-0.1, -0.05) is 26.8 Å². The number of hydrogen-bond donors (Lipinski definition) is 1. The maximum atomic E-state index is 6.18. The van der Waals surface area contributed by atoms with Gasteiger partial charge in [0.15, 0.2) is 0 Å². The predicted molar refractivity (Wildman–Crippen MR) is 86.9 cm³/mol. The lowest BCUT2D eigenvalue weighted by molar-refractivity contribution is 0.0109. The van der Waals surface area contributed by atoms with Crippen LogP contribution < -0.4 is 10.1 Å². The van der Waals surface area contributed by atoms with Crippen LogP contribution in [0.1, 0.15) is 50.8 Å². The molecular formula is C18H29NO2. The maximum Gasteiger partial charge on any atom is 0.119 e. The number of methoxy groups -OCH3 is 1. The highest BCUT2D eigenvalue weighted by Crippen LogP contribution is 2.34. The first-order valence-electron chi connectivity index (χ1n) is 8.17. The summed E-state index contributed by atoms with van der Waals surface area (Å²) in [6, 6.07) is 6.72. The Morgan fingerprint density at radius 3 is 2.81 bits per heavy atom. The van der Waals surface area contributed by atoms with Gasteiger partial charge in [0, 0.05) is 6.61 Å². The Morgan fingerprint density at radius 1 is 1.33 bits per heavy atom. The van der Waals surface area contributed by atoms with Crippen LogP contribution in [0.3, 0.4) is 0 Å². The van der Waals surface area contributed by atoms with E-state index in [0.717, 1.165) is 38.2 Å². The van der Waals surface area contributed by atoms with Gasteiger partial charge >= 0.3 is 0 Å². The fourth-order valence-electron chi connectivity index (χ4n) is 2.99. The highest BCUT2D eigenvalue weighted by atomic mass is 16.5. The van der Waals surface area contributed by atoms with Crippen LogP contribution in [-0.4, -0.2) is 26.4 Å². The third-order valence-corrected chi connectivity index (χ3v) is 4.21. The van der Waals surface area contributed by atoms with Crippen molar-refractivity contribution < 1.29 is 9.47 Å². The van der Waals surface area contributed by atoms with Crippen molar-refractivity contribution in [1.29, 1.82) is 0 Å². The Hall–Kier alpha value is -1.06. The Labute approximate surface area is 129 Å². The van der Waals surface area contributed by atoms with Gasteiger partial charge < -0.3 is 14.8 Å². The zero-order valence-electron chi connectivity index (χ0n) is 13.8. The minimum Gasteiger partial charge on any atom is -0.497 e. The van der Waals surface area contributed by atoms with E-state index >= 15 is 0 Å². The van der Waals surface area contributed by atoms with Crippen LogP contribution in [0.5, 0.6) is 5.75 Å². The molecule has 0 bridgehead atoms. The zero-order chi connectivity index (χ0) is 15.2. The molecule has 0 radical (unpaired) electrons. The van der Waals surface area contributed by atoms with Crippen molar-refractivity contribution in [2.24, 2.45) is 5.92 Å². The average molecular weight is 291 g/mol. The molecule has 1 aromatic carbocycles. The lowest BCUT2D eigenvalue weighted by atomic mass is 9.85. The predicted octanol–water partition coefficient (Wildman–Crippen LogP) is 3.72. The largest absolute Gasteiger partial charge is 0.497 e. The van der Waals surface area contributed by atoms with Gasteiger partial charge in [0.1, 0.15) is 5.75 Å². The molecule has 2 unspecified atom stereocenters. The number of rotatable bonds is 7. The van der Waals surface area contributed by atoms with Gasteiger partial charge in [0.05, 0.1) is 19.3 Å². The van der Waals surface area contributed by atoms with Crippen molar-refractivity contribution in [2.45, 2.75) is 52.2 Å². The summed E-state index contributed by atoms with van der Waals surface area (Å²) in [7, 11) is 1.73. The van der Waals surface area contributed by atoms with Crippen LogP contribution in [0.4, 0.5) is 0 Å². The molecule has 3 heteroatoms. The third-order valence-electron chi connectivity index (χ3n) is 4.21. The molecule has 21 heavy (non-hydrogen) atoms. The number of fused-ring (bicyclic) bond motifs is 1. The normalized spacial score (nSPS) is 21.4. The Kier molecular flexibility index (Phi) is 6.07. The molecule has 1 aliphatic rings. The molecular weight excluding hydrogens is 262 g/mol. The molecule has 0 heterocycles. The molecule has 0 amide bonds. The summed E-state index contributed by atoms with van der Waals surface area (Å²) in [6.45, 7) is 8.46. The van der Waals surface area contributed by atoms with Crippen molar-refractivity contribution in [3.05, 3.63) is 29.3 Å². The van der Waals surface area contributed by atoms with Gasteiger partial charge in [0.2, 0.25) is 0 Å². The van der Waals surface area contributed by atoms with Crippen molar-refractivity contribution in [3.63, 3.8) is 0 Å². The summed E-state index contributed by atoms with van der Waals surface area (Å²) in [6.07, 6.45) is 3.56. The summed E-state index contributed by atoms with van der Waals surface area (Å²) in [5.74, 6) is 1.64. The first-order valence-corrected chi connectivity index (χ1v) is 8.17. The molecule has 2 atom stereocenters. The number of benzene rings is 1. The number of ether oxygens (including phenoxy) is 2. The maximum absolute atomic E-state index is 6.18. The minimum absolute atomic E-state index is 0.282. The van der Waals surface area contributed by atoms with Gasteiger partial charge in [-0.3, -0.25) is 0 Å². The summed E-state index contributed by atoms with van der Waals surface area (Å²) in [5, 5.41) is 3.60. The van der Waals surface area contributed by atoms with E-state index in [1.54, 1.807) is 7.11 Å². The molecule has 0 saturated carbocycles. The van der Waals surface area contributed by atoms with Crippen molar-refractivity contribution in [3.8, 4) is 5.75 Å². The van der Waals surface area contributed by atoms with Crippen LogP contribution in [0.2, 0.25) is 0 Å². The standard InChI is InChI=1S/C18H29NO2/c1-5-19-18-16-8-7-15(20-4)12-14(16)6-9-17(18)21-11-10-13(2)3/h7-8,12-13,17-19H,5-6,9-11H2,1-4H3. The van der Waals surface area contributed by atoms with Crippen LogP contribution in [0, 0.1) is 5.92 Å². The molecule has 1 aromatic rings. The second-order valence-electron chi connectivity index (χ2n) is 6.23. The molecule has 1 N–H and O–H groups in total. The lowest BCUT2D eigenvalue weighted by Crippen LogP contribution is -2.38.